The average Bonchev–Trinajstić information content (AvgIpc) is 2.62. The highest BCUT2D eigenvalue weighted by Crippen LogP contribution is 2.16. The van der Waals surface area contributed by atoms with Gasteiger partial charge in [0, 0.05) is 18.7 Å². The summed E-state index contributed by atoms with van der Waals surface area (Å²) in [4.78, 5) is 14.0. The van der Waals surface area contributed by atoms with Crippen molar-refractivity contribution in [1.82, 2.24) is 10.2 Å². The molecule has 1 N–H and O–H groups in total. The molecule has 1 amide bonds. The highest BCUT2D eigenvalue weighted by atomic mass is 16.5. The van der Waals surface area contributed by atoms with Crippen LogP contribution >= 0.6 is 0 Å². The van der Waals surface area contributed by atoms with E-state index in [0.717, 1.165) is 17.1 Å². The third kappa shape index (κ3) is 6.47. The van der Waals surface area contributed by atoms with Crippen molar-refractivity contribution < 1.29 is 14.3 Å². The number of ether oxygens (including phenoxy) is 2. The van der Waals surface area contributed by atoms with Crippen LogP contribution in [-0.2, 0) is 11.3 Å². The maximum Gasteiger partial charge on any atom is 0.234 e. The molecule has 0 aromatic heterocycles. The molecule has 0 atom stereocenters. The number of benzene rings is 2. The first-order chi connectivity index (χ1) is 12.1. The lowest BCUT2D eigenvalue weighted by molar-refractivity contribution is -0.122. The summed E-state index contributed by atoms with van der Waals surface area (Å²) in [5.41, 5.74) is 2.17. The van der Waals surface area contributed by atoms with E-state index in [1.54, 1.807) is 7.11 Å². The summed E-state index contributed by atoms with van der Waals surface area (Å²) in [6, 6.07) is 15.6. The van der Waals surface area contributed by atoms with Crippen LogP contribution < -0.4 is 14.8 Å². The van der Waals surface area contributed by atoms with Gasteiger partial charge in [0.05, 0.1) is 13.7 Å². The van der Waals surface area contributed by atoms with Crippen LogP contribution in [-0.4, -0.2) is 44.7 Å². The van der Waals surface area contributed by atoms with Crippen LogP contribution in [0, 0.1) is 6.92 Å². The standard InChI is InChI=1S/C20H26N2O3/c1-16-8-10-18(11-9-16)25-13-12-22(2)15-20(23)21-14-17-6-4-5-7-19(17)24-3/h4-11H,12-15H2,1-3H3,(H,21,23). The van der Waals surface area contributed by atoms with Gasteiger partial charge >= 0.3 is 0 Å². The third-order valence-electron chi connectivity index (χ3n) is 3.84. The van der Waals surface area contributed by atoms with E-state index in [2.05, 4.69) is 5.32 Å². The number of nitrogens with one attached hydrogen (secondary N) is 1. The Hall–Kier alpha value is -2.53. The van der Waals surface area contributed by atoms with E-state index in [0.29, 0.717) is 26.2 Å². The summed E-state index contributed by atoms with van der Waals surface area (Å²) < 4.78 is 11.0. The minimum atomic E-state index is -0.0243. The van der Waals surface area contributed by atoms with Crippen LogP contribution in [0.3, 0.4) is 0 Å². The van der Waals surface area contributed by atoms with Gasteiger partial charge in [0.2, 0.25) is 5.91 Å². The molecule has 0 aliphatic carbocycles. The first-order valence-corrected chi connectivity index (χ1v) is 8.35. The number of amides is 1. The van der Waals surface area contributed by atoms with Crippen molar-refractivity contribution in [2.75, 3.05) is 33.9 Å². The van der Waals surface area contributed by atoms with Gasteiger partial charge in [-0.3, -0.25) is 9.69 Å². The minimum Gasteiger partial charge on any atom is -0.496 e. The molecule has 134 valence electrons. The van der Waals surface area contributed by atoms with Crippen LogP contribution in [0.5, 0.6) is 11.5 Å². The maximum atomic E-state index is 12.1. The Morgan fingerprint density at radius 3 is 2.56 bits per heavy atom. The Balaban J connectivity index is 1.68. The molecule has 2 rings (SSSR count). The molecule has 0 radical (unpaired) electrons. The molecule has 25 heavy (non-hydrogen) atoms. The van der Waals surface area contributed by atoms with Gasteiger partial charge in [0.1, 0.15) is 18.1 Å². The van der Waals surface area contributed by atoms with Gasteiger partial charge in [-0.1, -0.05) is 35.9 Å². The molecule has 2 aromatic rings. The number of carbonyl (C=O) groups is 1. The lowest BCUT2D eigenvalue weighted by Crippen LogP contribution is -2.36. The second-order valence-corrected chi connectivity index (χ2v) is 5.99. The number of carbonyl (C=O) groups excluding carboxylic acids is 1. The zero-order valence-corrected chi connectivity index (χ0v) is 15.1. The molecule has 0 saturated carbocycles. The molecule has 2 aromatic carbocycles. The zero-order valence-electron chi connectivity index (χ0n) is 15.1. The number of hydrogen-bond acceptors (Lipinski definition) is 4. The number of likely N-dealkylation sites (N-methyl/N-ethyl adjacent to an activating group) is 1. The molecule has 0 fully saturated rings. The number of nitrogens with zero attached hydrogens (tertiary/aromatic N) is 1. The second-order valence-electron chi connectivity index (χ2n) is 5.99. The van der Waals surface area contributed by atoms with Crippen molar-refractivity contribution in [2.24, 2.45) is 0 Å². The van der Waals surface area contributed by atoms with Crippen molar-refractivity contribution in [1.29, 1.82) is 0 Å². The van der Waals surface area contributed by atoms with Crippen molar-refractivity contribution in [2.45, 2.75) is 13.5 Å². The van der Waals surface area contributed by atoms with Crippen LogP contribution in [0.1, 0.15) is 11.1 Å². The van der Waals surface area contributed by atoms with E-state index in [1.165, 1.54) is 5.56 Å². The molecule has 5 heteroatoms. The topological polar surface area (TPSA) is 50.8 Å². The van der Waals surface area contributed by atoms with Gasteiger partial charge < -0.3 is 14.8 Å². The Morgan fingerprint density at radius 1 is 1.12 bits per heavy atom. The van der Waals surface area contributed by atoms with Crippen molar-refractivity contribution >= 4 is 5.91 Å². The number of para-hydroxylation sites is 1. The van der Waals surface area contributed by atoms with Gasteiger partial charge in [-0.25, -0.2) is 0 Å². The van der Waals surface area contributed by atoms with Gasteiger partial charge in [0.15, 0.2) is 0 Å². The minimum absolute atomic E-state index is 0.0243. The summed E-state index contributed by atoms with van der Waals surface area (Å²) in [5, 5.41) is 2.92. The lowest BCUT2D eigenvalue weighted by Gasteiger charge is -2.17. The fourth-order valence-electron chi connectivity index (χ4n) is 2.38. The number of aryl methyl sites for hydroxylation is 1. The predicted molar refractivity (Wildman–Crippen MR) is 99.0 cm³/mol. The average molecular weight is 342 g/mol. The molecule has 0 bridgehead atoms. The lowest BCUT2D eigenvalue weighted by atomic mass is 10.2. The van der Waals surface area contributed by atoms with Crippen LogP contribution in [0.25, 0.3) is 0 Å². The molecular weight excluding hydrogens is 316 g/mol. The van der Waals surface area contributed by atoms with Crippen LogP contribution in [0.4, 0.5) is 0 Å². The highest BCUT2D eigenvalue weighted by molar-refractivity contribution is 5.78. The summed E-state index contributed by atoms with van der Waals surface area (Å²) in [5.74, 6) is 1.60. The summed E-state index contributed by atoms with van der Waals surface area (Å²) >= 11 is 0. The Labute approximate surface area is 149 Å². The Kier molecular flexibility index (Phi) is 7.29. The molecule has 5 nitrogen and oxygen atoms in total. The van der Waals surface area contributed by atoms with Crippen molar-refractivity contribution in [3.05, 3.63) is 59.7 Å². The van der Waals surface area contributed by atoms with E-state index in [4.69, 9.17) is 9.47 Å². The first kappa shape index (κ1) is 18.8. The normalized spacial score (nSPS) is 10.6. The smallest absolute Gasteiger partial charge is 0.234 e. The largest absolute Gasteiger partial charge is 0.496 e. The molecule has 0 aliphatic heterocycles. The highest BCUT2D eigenvalue weighted by Gasteiger charge is 2.08. The monoisotopic (exact) mass is 342 g/mol. The van der Waals surface area contributed by atoms with Crippen molar-refractivity contribution in [3.63, 3.8) is 0 Å². The van der Waals surface area contributed by atoms with Gasteiger partial charge in [-0.15, -0.1) is 0 Å². The Morgan fingerprint density at radius 2 is 1.84 bits per heavy atom. The van der Waals surface area contributed by atoms with E-state index in [-0.39, 0.29) is 5.91 Å². The number of hydrogen-bond donors (Lipinski definition) is 1. The van der Waals surface area contributed by atoms with Gasteiger partial charge in [-0.05, 0) is 32.2 Å². The maximum absolute atomic E-state index is 12.1. The summed E-state index contributed by atoms with van der Waals surface area (Å²) in [6.45, 7) is 4.04. The van der Waals surface area contributed by atoms with E-state index in [9.17, 15) is 4.79 Å². The number of methoxy groups -OCH3 is 1. The van der Waals surface area contributed by atoms with Gasteiger partial charge in [-0.2, -0.15) is 0 Å². The van der Waals surface area contributed by atoms with Crippen molar-refractivity contribution in [3.8, 4) is 11.5 Å². The second kappa shape index (κ2) is 9.69. The third-order valence-corrected chi connectivity index (χ3v) is 3.84. The molecule has 0 saturated heterocycles. The molecule has 0 spiro atoms. The molecular formula is C20H26N2O3. The number of rotatable bonds is 9. The van der Waals surface area contributed by atoms with Crippen LogP contribution in [0.2, 0.25) is 0 Å². The molecule has 0 heterocycles. The zero-order chi connectivity index (χ0) is 18.1. The fraction of sp³-hybridized carbons (Fsp3) is 0.350. The van der Waals surface area contributed by atoms with E-state index < -0.39 is 0 Å². The summed E-state index contributed by atoms with van der Waals surface area (Å²) in [6.07, 6.45) is 0. The van der Waals surface area contributed by atoms with E-state index in [1.807, 2.05) is 67.4 Å². The molecule has 0 aliphatic rings. The molecule has 0 unspecified atom stereocenters. The van der Waals surface area contributed by atoms with Gasteiger partial charge in [0.25, 0.3) is 0 Å². The quantitative estimate of drug-likeness (QED) is 0.761. The fourth-order valence-corrected chi connectivity index (χ4v) is 2.38. The first-order valence-electron chi connectivity index (χ1n) is 8.35. The van der Waals surface area contributed by atoms with Crippen LogP contribution in [0.15, 0.2) is 48.5 Å². The SMILES string of the molecule is COc1ccccc1CNC(=O)CN(C)CCOc1ccc(C)cc1. The van der Waals surface area contributed by atoms with E-state index >= 15 is 0 Å². The Bertz CT molecular complexity index is 671. The predicted octanol–water partition coefficient (Wildman–Crippen LogP) is 2.63. The summed E-state index contributed by atoms with van der Waals surface area (Å²) in [7, 11) is 3.53.